The van der Waals surface area contributed by atoms with Crippen LogP contribution in [0.15, 0.2) is 0 Å². The molecule has 22 heavy (non-hydrogen) atoms. The fourth-order valence-corrected chi connectivity index (χ4v) is 3.79. The first kappa shape index (κ1) is 19.4. The van der Waals surface area contributed by atoms with E-state index in [9.17, 15) is 4.79 Å². The minimum absolute atomic E-state index is 0. The number of nitrogens with two attached hydrogens (primary N) is 1. The first-order chi connectivity index (χ1) is 10.1. The molecule has 6 heteroatoms. The molecule has 1 amide bonds. The molecule has 0 bridgehead atoms. The second-order valence-electron chi connectivity index (χ2n) is 5.99. The molecule has 0 saturated carbocycles. The van der Waals surface area contributed by atoms with Gasteiger partial charge in [-0.05, 0) is 38.0 Å². The fraction of sp³-hybridized carbons (Fsp3) is 0.750. The normalized spacial score (nSPS) is 16.3. The average Bonchev–Trinajstić information content (AvgIpc) is 2.92. The lowest BCUT2D eigenvalue weighted by molar-refractivity contribution is -0.123. The molecule has 1 aliphatic carbocycles. The summed E-state index contributed by atoms with van der Waals surface area (Å²) in [4.78, 5) is 18.1. The Labute approximate surface area is 143 Å². The molecule has 0 radical (unpaired) electrons. The van der Waals surface area contributed by atoms with Gasteiger partial charge in [-0.2, -0.15) is 0 Å². The van der Waals surface area contributed by atoms with Crippen molar-refractivity contribution < 1.29 is 4.79 Å². The topological polar surface area (TPSA) is 68.0 Å². The zero-order valence-electron chi connectivity index (χ0n) is 13.6. The summed E-state index contributed by atoms with van der Waals surface area (Å²) in [7, 11) is 0. The number of nitrogens with zero attached hydrogens (tertiary/aromatic N) is 1. The van der Waals surface area contributed by atoms with Gasteiger partial charge in [-0.15, -0.1) is 23.7 Å². The van der Waals surface area contributed by atoms with Crippen LogP contribution in [0.1, 0.15) is 55.1 Å². The molecule has 0 aromatic carbocycles. The molecule has 0 aliphatic heterocycles. The van der Waals surface area contributed by atoms with Crippen LogP contribution in [0.3, 0.4) is 0 Å². The van der Waals surface area contributed by atoms with Crippen LogP contribution in [0, 0.1) is 5.92 Å². The largest absolute Gasteiger partial charge is 0.355 e. The van der Waals surface area contributed by atoms with Crippen LogP contribution in [0.25, 0.3) is 0 Å². The minimum Gasteiger partial charge on any atom is -0.355 e. The Balaban J connectivity index is 0.00000242. The van der Waals surface area contributed by atoms with Crippen LogP contribution in [-0.2, 0) is 24.1 Å². The number of carbonyl (C=O) groups is 1. The highest BCUT2D eigenvalue weighted by Crippen LogP contribution is 2.27. The third-order valence-corrected chi connectivity index (χ3v) is 5.53. The monoisotopic (exact) mass is 345 g/mol. The molecule has 4 nitrogen and oxygen atoms in total. The Morgan fingerprint density at radius 1 is 1.41 bits per heavy atom. The van der Waals surface area contributed by atoms with Crippen molar-refractivity contribution in [2.75, 3.05) is 6.54 Å². The highest BCUT2D eigenvalue weighted by atomic mass is 35.5. The van der Waals surface area contributed by atoms with Crippen molar-refractivity contribution in [1.29, 1.82) is 0 Å². The maximum absolute atomic E-state index is 11.9. The van der Waals surface area contributed by atoms with E-state index in [-0.39, 0.29) is 30.3 Å². The van der Waals surface area contributed by atoms with Gasteiger partial charge >= 0.3 is 0 Å². The first-order valence-electron chi connectivity index (χ1n) is 8.12. The zero-order chi connectivity index (χ0) is 15.2. The number of thiazole rings is 1. The van der Waals surface area contributed by atoms with Gasteiger partial charge in [0.05, 0.1) is 16.7 Å². The van der Waals surface area contributed by atoms with Crippen molar-refractivity contribution in [2.24, 2.45) is 11.7 Å². The van der Waals surface area contributed by atoms with Gasteiger partial charge in [-0.1, -0.05) is 20.3 Å². The Morgan fingerprint density at radius 2 is 2.14 bits per heavy atom. The highest BCUT2D eigenvalue weighted by molar-refractivity contribution is 7.11. The number of aryl methyl sites for hydroxylation is 3. The third-order valence-electron chi connectivity index (χ3n) is 4.32. The Kier molecular flexibility index (Phi) is 8.36. The van der Waals surface area contributed by atoms with E-state index < -0.39 is 0 Å². The molecule has 1 heterocycles. The standard InChI is InChI=1S/C16H27N3OS.ClH/c1-3-11(2)15(17)16(20)18-10-6-9-14-19-12-7-4-5-8-13(12)21-14;/h11,15H,3-10,17H2,1-2H3,(H,18,20);1H. The first-order valence-corrected chi connectivity index (χ1v) is 8.94. The third kappa shape index (κ3) is 5.21. The molecule has 0 saturated heterocycles. The van der Waals surface area contributed by atoms with Crippen LogP contribution in [0.2, 0.25) is 0 Å². The van der Waals surface area contributed by atoms with Gasteiger partial charge in [0.25, 0.3) is 0 Å². The highest BCUT2D eigenvalue weighted by Gasteiger charge is 2.19. The van der Waals surface area contributed by atoms with Gasteiger partial charge in [0.2, 0.25) is 5.91 Å². The van der Waals surface area contributed by atoms with Gasteiger partial charge in [-0.3, -0.25) is 4.79 Å². The van der Waals surface area contributed by atoms with E-state index >= 15 is 0 Å². The summed E-state index contributed by atoms with van der Waals surface area (Å²) in [5.41, 5.74) is 7.23. The van der Waals surface area contributed by atoms with Crippen molar-refractivity contribution in [1.82, 2.24) is 10.3 Å². The summed E-state index contributed by atoms with van der Waals surface area (Å²) in [6, 6.07) is -0.387. The predicted molar refractivity (Wildman–Crippen MR) is 94.8 cm³/mol. The summed E-state index contributed by atoms with van der Waals surface area (Å²) in [5.74, 6) is 0.207. The van der Waals surface area contributed by atoms with Crippen LogP contribution in [-0.4, -0.2) is 23.5 Å². The Morgan fingerprint density at radius 3 is 2.82 bits per heavy atom. The van der Waals surface area contributed by atoms with Crippen molar-refractivity contribution in [2.45, 2.75) is 64.8 Å². The maximum Gasteiger partial charge on any atom is 0.237 e. The molecule has 2 unspecified atom stereocenters. The predicted octanol–water partition coefficient (Wildman–Crippen LogP) is 2.87. The summed E-state index contributed by atoms with van der Waals surface area (Å²) < 4.78 is 0. The van der Waals surface area contributed by atoms with E-state index in [2.05, 4.69) is 12.2 Å². The molecule has 2 atom stereocenters. The molecule has 0 fully saturated rings. The number of carbonyl (C=O) groups excluding carboxylic acids is 1. The lowest BCUT2D eigenvalue weighted by Gasteiger charge is -2.17. The zero-order valence-corrected chi connectivity index (χ0v) is 15.2. The van der Waals surface area contributed by atoms with Crippen LogP contribution < -0.4 is 11.1 Å². The van der Waals surface area contributed by atoms with Gasteiger partial charge < -0.3 is 11.1 Å². The number of aromatic nitrogens is 1. The molecule has 1 aliphatic rings. The van der Waals surface area contributed by atoms with Crippen LogP contribution >= 0.6 is 23.7 Å². The summed E-state index contributed by atoms with van der Waals surface area (Å²) >= 11 is 1.86. The van der Waals surface area contributed by atoms with Gasteiger partial charge in [0.15, 0.2) is 0 Å². The number of fused-ring (bicyclic) bond motifs is 1. The quantitative estimate of drug-likeness (QED) is 0.746. The number of hydrogen-bond donors (Lipinski definition) is 2. The lowest BCUT2D eigenvalue weighted by atomic mass is 9.99. The number of amides is 1. The van der Waals surface area contributed by atoms with Crippen molar-refractivity contribution >= 4 is 29.7 Å². The number of hydrogen-bond acceptors (Lipinski definition) is 4. The fourth-order valence-electron chi connectivity index (χ4n) is 2.59. The van der Waals surface area contributed by atoms with Crippen molar-refractivity contribution in [3.05, 3.63) is 15.6 Å². The van der Waals surface area contributed by atoms with Crippen LogP contribution in [0.4, 0.5) is 0 Å². The molecule has 126 valence electrons. The maximum atomic E-state index is 11.9. The van der Waals surface area contributed by atoms with Crippen molar-refractivity contribution in [3.63, 3.8) is 0 Å². The Hall–Kier alpha value is -0.650. The molecular formula is C16H28ClN3OS. The smallest absolute Gasteiger partial charge is 0.237 e. The van der Waals surface area contributed by atoms with E-state index in [1.807, 2.05) is 18.3 Å². The van der Waals surface area contributed by atoms with Crippen molar-refractivity contribution in [3.8, 4) is 0 Å². The molecule has 2 rings (SSSR count). The second-order valence-corrected chi connectivity index (χ2v) is 7.16. The summed E-state index contributed by atoms with van der Waals surface area (Å²) in [6.07, 6.45) is 7.75. The number of halogens is 1. The number of nitrogens with one attached hydrogen (secondary N) is 1. The average molecular weight is 346 g/mol. The molecule has 1 aromatic heterocycles. The van der Waals surface area contributed by atoms with E-state index in [0.29, 0.717) is 6.54 Å². The van der Waals surface area contributed by atoms with Gasteiger partial charge in [0.1, 0.15) is 0 Å². The van der Waals surface area contributed by atoms with Crippen LogP contribution in [0.5, 0.6) is 0 Å². The van der Waals surface area contributed by atoms with E-state index in [0.717, 1.165) is 25.7 Å². The van der Waals surface area contributed by atoms with E-state index in [1.165, 1.54) is 34.8 Å². The summed E-state index contributed by atoms with van der Waals surface area (Å²) in [6.45, 7) is 4.76. The lowest BCUT2D eigenvalue weighted by Crippen LogP contribution is -2.44. The van der Waals surface area contributed by atoms with Gasteiger partial charge in [-0.25, -0.2) is 4.98 Å². The van der Waals surface area contributed by atoms with E-state index in [4.69, 9.17) is 10.7 Å². The Bertz CT molecular complexity index is 454. The summed E-state index contributed by atoms with van der Waals surface area (Å²) in [5, 5.41) is 4.17. The minimum atomic E-state index is -0.387. The molecule has 0 spiro atoms. The van der Waals surface area contributed by atoms with Gasteiger partial charge in [0, 0.05) is 17.8 Å². The second kappa shape index (κ2) is 9.48. The SMILES string of the molecule is CCC(C)C(N)C(=O)NCCCc1nc2c(s1)CCCC2.Cl. The molecular weight excluding hydrogens is 318 g/mol. The number of rotatable bonds is 7. The van der Waals surface area contributed by atoms with E-state index in [1.54, 1.807) is 0 Å². The molecule has 1 aromatic rings. The molecule has 3 N–H and O–H groups in total.